The van der Waals surface area contributed by atoms with Crippen LogP contribution in [0.3, 0.4) is 0 Å². The van der Waals surface area contributed by atoms with Crippen molar-refractivity contribution in [3.05, 3.63) is 0 Å². The number of amides is 3. The van der Waals surface area contributed by atoms with E-state index in [9.17, 15) is 33.6 Å². The second kappa shape index (κ2) is 12.1. The normalized spacial score (nSPS) is 13.6. The standard InChI is InChI=1S/C17H25N3O12/c1-17(2,3)32-16(31)20-8(5-11(23)24)14(28)18-7(4-10(21)22)13(27)19-9(15(29)30)6-12(25)26/h7-9H,4-6H2,1-3H3,(H,18,28)(H,19,27)(H,20,31)(H,21,22)(H,23,24)(H,25,26)(H,29,30)/t7-,8-,9-/m0/s1. The van der Waals surface area contributed by atoms with Gasteiger partial charge in [0.25, 0.3) is 0 Å². The molecule has 0 saturated carbocycles. The van der Waals surface area contributed by atoms with Gasteiger partial charge in [0.1, 0.15) is 23.7 Å². The van der Waals surface area contributed by atoms with E-state index in [1.165, 1.54) is 20.8 Å². The predicted octanol–water partition coefficient (Wildman–Crippen LogP) is -1.64. The van der Waals surface area contributed by atoms with Gasteiger partial charge in [-0.1, -0.05) is 0 Å². The van der Waals surface area contributed by atoms with Crippen LogP contribution in [-0.2, 0) is 33.5 Å². The molecule has 0 saturated heterocycles. The molecule has 0 spiro atoms. The Labute approximate surface area is 181 Å². The van der Waals surface area contributed by atoms with E-state index in [0.29, 0.717) is 0 Å². The highest BCUT2D eigenvalue weighted by Crippen LogP contribution is 2.08. The van der Waals surface area contributed by atoms with Gasteiger partial charge in [-0.05, 0) is 20.8 Å². The van der Waals surface area contributed by atoms with Crippen LogP contribution in [0.5, 0.6) is 0 Å². The Kier molecular flexibility index (Phi) is 10.6. The van der Waals surface area contributed by atoms with Gasteiger partial charge in [0.2, 0.25) is 11.8 Å². The monoisotopic (exact) mass is 463 g/mol. The van der Waals surface area contributed by atoms with E-state index in [-0.39, 0.29) is 0 Å². The lowest BCUT2D eigenvalue weighted by Crippen LogP contribution is -2.57. The van der Waals surface area contributed by atoms with E-state index >= 15 is 0 Å². The molecule has 180 valence electrons. The smallest absolute Gasteiger partial charge is 0.408 e. The minimum absolute atomic E-state index is 0.955. The Bertz CT molecular complexity index is 773. The molecule has 0 heterocycles. The summed E-state index contributed by atoms with van der Waals surface area (Å²) in [6, 6.07) is -5.61. The molecule has 3 amide bonds. The van der Waals surface area contributed by atoms with Crippen LogP contribution in [0.1, 0.15) is 40.0 Å². The van der Waals surface area contributed by atoms with Crippen molar-refractivity contribution < 1.29 is 58.7 Å². The number of hydrogen-bond donors (Lipinski definition) is 7. The van der Waals surface area contributed by atoms with Crippen LogP contribution < -0.4 is 16.0 Å². The Balaban J connectivity index is 5.54. The van der Waals surface area contributed by atoms with E-state index < -0.39 is 84.8 Å². The van der Waals surface area contributed by atoms with Gasteiger partial charge in [-0.3, -0.25) is 24.0 Å². The molecule has 15 heteroatoms. The van der Waals surface area contributed by atoms with E-state index in [1.54, 1.807) is 5.32 Å². The highest BCUT2D eigenvalue weighted by molar-refractivity contribution is 5.96. The zero-order valence-electron chi connectivity index (χ0n) is 17.4. The van der Waals surface area contributed by atoms with Gasteiger partial charge in [-0.25, -0.2) is 9.59 Å². The number of carbonyl (C=O) groups is 7. The SMILES string of the molecule is CC(C)(C)OC(=O)N[C@@H](CC(=O)O)C(=O)N[C@@H](CC(=O)O)C(=O)N[C@@H](CC(=O)O)C(=O)O. The zero-order chi connectivity index (χ0) is 25.2. The first-order valence-electron chi connectivity index (χ1n) is 9.00. The number of ether oxygens (including phenoxy) is 1. The first kappa shape index (κ1) is 28.1. The summed E-state index contributed by atoms with van der Waals surface area (Å²) in [5.41, 5.74) is -0.990. The van der Waals surface area contributed by atoms with Gasteiger partial charge in [0.05, 0.1) is 19.3 Å². The molecule has 0 fully saturated rings. The largest absolute Gasteiger partial charge is 0.481 e. The number of carbonyl (C=O) groups excluding carboxylic acids is 3. The van der Waals surface area contributed by atoms with Crippen molar-refractivity contribution >= 4 is 41.8 Å². The quantitative estimate of drug-likeness (QED) is 0.172. The van der Waals surface area contributed by atoms with Crippen molar-refractivity contribution in [2.45, 2.75) is 63.8 Å². The third-order valence-electron chi connectivity index (χ3n) is 3.39. The van der Waals surface area contributed by atoms with Gasteiger partial charge in [0.15, 0.2) is 0 Å². The molecule has 0 aromatic heterocycles. The molecule has 0 aliphatic carbocycles. The molecule has 0 aromatic carbocycles. The second-order valence-electron chi connectivity index (χ2n) is 7.45. The second-order valence-corrected chi connectivity index (χ2v) is 7.45. The molecule has 3 atom stereocenters. The maximum absolute atomic E-state index is 12.4. The van der Waals surface area contributed by atoms with Crippen LogP contribution in [0.4, 0.5) is 4.79 Å². The van der Waals surface area contributed by atoms with Crippen molar-refractivity contribution in [2.24, 2.45) is 0 Å². The fourth-order valence-electron chi connectivity index (χ4n) is 2.14. The average Bonchev–Trinajstić information content (AvgIpc) is 2.56. The highest BCUT2D eigenvalue weighted by Gasteiger charge is 2.33. The summed E-state index contributed by atoms with van der Waals surface area (Å²) >= 11 is 0. The van der Waals surface area contributed by atoms with E-state index in [1.807, 2.05) is 10.6 Å². The summed E-state index contributed by atoms with van der Waals surface area (Å²) in [5, 5.41) is 41.3. The Hall–Kier alpha value is -3.91. The lowest BCUT2D eigenvalue weighted by Gasteiger charge is -2.24. The van der Waals surface area contributed by atoms with Crippen molar-refractivity contribution in [1.29, 1.82) is 0 Å². The lowest BCUT2D eigenvalue weighted by atomic mass is 10.1. The molecule has 32 heavy (non-hydrogen) atoms. The maximum Gasteiger partial charge on any atom is 0.408 e. The summed E-state index contributed by atoms with van der Waals surface area (Å²) < 4.78 is 4.92. The summed E-state index contributed by atoms with van der Waals surface area (Å²) in [7, 11) is 0. The van der Waals surface area contributed by atoms with Crippen molar-refractivity contribution in [3.8, 4) is 0 Å². The van der Waals surface area contributed by atoms with Crippen LogP contribution in [0.25, 0.3) is 0 Å². The lowest BCUT2D eigenvalue weighted by molar-refractivity contribution is -0.148. The number of rotatable bonds is 12. The number of nitrogens with one attached hydrogen (secondary N) is 3. The Morgan fingerprint density at radius 3 is 1.34 bits per heavy atom. The zero-order valence-corrected chi connectivity index (χ0v) is 17.4. The summed E-state index contributed by atoms with van der Waals surface area (Å²) in [6.45, 7) is 4.51. The number of hydrogen-bond acceptors (Lipinski definition) is 8. The van der Waals surface area contributed by atoms with Crippen molar-refractivity contribution in [1.82, 2.24) is 16.0 Å². The van der Waals surface area contributed by atoms with E-state index in [2.05, 4.69) is 0 Å². The minimum Gasteiger partial charge on any atom is -0.481 e. The van der Waals surface area contributed by atoms with Crippen LogP contribution in [0.2, 0.25) is 0 Å². The molecule has 0 rings (SSSR count). The average molecular weight is 463 g/mol. The Morgan fingerprint density at radius 2 is 1.00 bits per heavy atom. The molecule has 0 radical (unpaired) electrons. The van der Waals surface area contributed by atoms with Gasteiger partial charge in [0, 0.05) is 0 Å². The number of aliphatic carboxylic acids is 4. The third-order valence-corrected chi connectivity index (χ3v) is 3.39. The molecular formula is C17H25N3O12. The molecule has 0 aliphatic heterocycles. The van der Waals surface area contributed by atoms with Crippen LogP contribution in [0, 0.1) is 0 Å². The predicted molar refractivity (Wildman–Crippen MR) is 101 cm³/mol. The van der Waals surface area contributed by atoms with Crippen LogP contribution in [-0.4, -0.2) is 85.9 Å². The molecule has 0 aromatic rings. The number of carboxylic acids is 4. The molecule has 0 unspecified atom stereocenters. The third kappa shape index (κ3) is 11.9. The van der Waals surface area contributed by atoms with Crippen molar-refractivity contribution in [2.75, 3.05) is 0 Å². The molecule has 7 N–H and O–H groups in total. The van der Waals surface area contributed by atoms with Gasteiger partial charge < -0.3 is 41.1 Å². The van der Waals surface area contributed by atoms with Crippen LogP contribution in [0.15, 0.2) is 0 Å². The minimum atomic E-state index is -1.93. The fourth-order valence-corrected chi connectivity index (χ4v) is 2.14. The Morgan fingerprint density at radius 1 is 0.656 bits per heavy atom. The maximum atomic E-state index is 12.4. The van der Waals surface area contributed by atoms with Gasteiger partial charge >= 0.3 is 30.0 Å². The summed E-state index contributed by atoms with van der Waals surface area (Å²) in [6.07, 6.45) is -4.20. The summed E-state index contributed by atoms with van der Waals surface area (Å²) in [5.74, 6) is -9.03. The molecular weight excluding hydrogens is 438 g/mol. The number of carboxylic acid groups (broad SMARTS) is 4. The molecule has 0 aliphatic rings. The highest BCUT2D eigenvalue weighted by atomic mass is 16.6. The van der Waals surface area contributed by atoms with Gasteiger partial charge in [-0.15, -0.1) is 0 Å². The van der Waals surface area contributed by atoms with Gasteiger partial charge in [-0.2, -0.15) is 0 Å². The molecule has 0 bridgehead atoms. The first-order valence-corrected chi connectivity index (χ1v) is 9.00. The molecule has 15 nitrogen and oxygen atoms in total. The summed E-state index contributed by atoms with van der Waals surface area (Å²) in [4.78, 5) is 80.5. The van der Waals surface area contributed by atoms with E-state index in [0.717, 1.165) is 0 Å². The van der Waals surface area contributed by atoms with Crippen molar-refractivity contribution in [3.63, 3.8) is 0 Å². The topological polar surface area (TPSA) is 246 Å². The van der Waals surface area contributed by atoms with Crippen LogP contribution >= 0.6 is 0 Å². The van der Waals surface area contributed by atoms with E-state index in [4.69, 9.17) is 25.2 Å². The fraction of sp³-hybridized carbons (Fsp3) is 0.588. The first-order chi connectivity index (χ1) is 14.5. The number of alkyl carbamates (subject to hydrolysis) is 1.